The fraction of sp³-hybridized carbons (Fsp3) is 0.471. The third-order valence-corrected chi connectivity index (χ3v) is 4.69. The van der Waals surface area contributed by atoms with Crippen molar-refractivity contribution in [3.63, 3.8) is 0 Å². The topological polar surface area (TPSA) is 70.9 Å². The van der Waals surface area contributed by atoms with E-state index in [1.807, 2.05) is 24.4 Å². The van der Waals surface area contributed by atoms with E-state index in [0.29, 0.717) is 17.8 Å². The molecule has 0 radical (unpaired) electrons. The zero-order valence-corrected chi connectivity index (χ0v) is 12.6. The van der Waals surface area contributed by atoms with E-state index in [1.165, 1.54) is 6.42 Å². The van der Waals surface area contributed by atoms with E-state index in [-0.39, 0.29) is 5.91 Å². The molecule has 1 amide bonds. The van der Waals surface area contributed by atoms with Crippen molar-refractivity contribution in [3.05, 3.63) is 36.0 Å². The van der Waals surface area contributed by atoms with Gasteiger partial charge in [0.05, 0.1) is 6.04 Å². The zero-order valence-electron chi connectivity index (χ0n) is 12.6. The second-order valence-corrected chi connectivity index (χ2v) is 6.80. The van der Waals surface area contributed by atoms with Crippen molar-refractivity contribution in [2.24, 2.45) is 17.1 Å². The predicted molar refractivity (Wildman–Crippen MR) is 84.9 cm³/mol. The lowest BCUT2D eigenvalue weighted by Gasteiger charge is -2.12. The molecule has 2 aromatic rings. The van der Waals surface area contributed by atoms with E-state index in [0.717, 1.165) is 23.0 Å². The number of aromatic nitrogens is 1. The van der Waals surface area contributed by atoms with Crippen molar-refractivity contribution in [1.29, 1.82) is 0 Å². The van der Waals surface area contributed by atoms with Gasteiger partial charge < -0.3 is 16.0 Å². The lowest BCUT2D eigenvalue weighted by atomic mass is 10.0. The van der Waals surface area contributed by atoms with E-state index in [4.69, 9.17) is 5.73 Å². The summed E-state index contributed by atoms with van der Waals surface area (Å²) in [7, 11) is 0. The standard InChI is InChI=1S/C17H23N3O/c1-17(2)8-12(17)10-20-16(21)14(18)7-11-9-19-15-6-4-3-5-13(11)15/h3-6,9,12,14,19H,7-8,10,18H2,1-2H3,(H,20,21)/t12?,14-/m1/s1. The molecule has 4 N–H and O–H groups in total. The zero-order chi connectivity index (χ0) is 15.0. The maximum Gasteiger partial charge on any atom is 0.237 e. The number of carbonyl (C=O) groups is 1. The number of nitrogens with two attached hydrogens (primary N) is 1. The number of para-hydroxylation sites is 1. The minimum absolute atomic E-state index is 0.0528. The molecule has 1 fully saturated rings. The van der Waals surface area contributed by atoms with Gasteiger partial charge in [-0.25, -0.2) is 0 Å². The number of rotatable bonds is 5. The first-order valence-electron chi connectivity index (χ1n) is 7.55. The highest BCUT2D eigenvalue weighted by Crippen LogP contribution is 2.50. The van der Waals surface area contributed by atoms with Crippen LogP contribution in [-0.2, 0) is 11.2 Å². The molecule has 112 valence electrons. The molecule has 0 bridgehead atoms. The molecule has 1 unspecified atom stereocenters. The molecule has 1 aromatic heterocycles. The average molecular weight is 285 g/mol. The predicted octanol–water partition coefficient (Wildman–Crippen LogP) is 2.20. The summed E-state index contributed by atoms with van der Waals surface area (Å²) in [6, 6.07) is 7.58. The third-order valence-electron chi connectivity index (χ3n) is 4.69. The summed E-state index contributed by atoms with van der Waals surface area (Å²) < 4.78 is 0. The fourth-order valence-corrected chi connectivity index (χ4v) is 2.91. The minimum atomic E-state index is -0.494. The Bertz CT molecular complexity index is 659. The van der Waals surface area contributed by atoms with Crippen molar-refractivity contribution in [1.82, 2.24) is 10.3 Å². The van der Waals surface area contributed by atoms with Crippen LogP contribution in [0.2, 0.25) is 0 Å². The van der Waals surface area contributed by atoms with Gasteiger partial charge in [-0.2, -0.15) is 0 Å². The van der Waals surface area contributed by atoms with Crippen molar-refractivity contribution in [2.45, 2.75) is 32.7 Å². The van der Waals surface area contributed by atoms with Gasteiger partial charge in [0, 0.05) is 23.6 Å². The lowest BCUT2D eigenvalue weighted by molar-refractivity contribution is -0.122. The Hall–Kier alpha value is -1.81. The number of hydrogen-bond acceptors (Lipinski definition) is 2. The molecule has 1 aromatic carbocycles. The number of hydrogen-bond donors (Lipinski definition) is 3. The van der Waals surface area contributed by atoms with Gasteiger partial charge in [-0.05, 0) is 35.8 Å². The normalized spacial score (nSPS) is 21.2. The smallest absolute Gasteiger partial charge is 0.237 e. The van der Waals surface area contributed by atoms with Gasteiger partial charge in [-0.3, -0.25) is 4.79 Å². The number of H-pyrrole nitrogens is 1. The van der Waals surface area contributed by atoms with E-state index in [2.05, 4.69) is 30.2 Å². The molecule has 0 saturated heterocycles. The number of aromatic amines is 1. The molecule has 1 aliphatic carbocycles. The second-order valence-electron chi connectivity index (χ2n) is 6.80. The van der Waals surface area contributed by atoms with E-state index < -0.39 is 6.04 Å². The van der Waals surface area contributed by atoms with Gasteiger partial charge >= 0.3 is 0 Å². The van der Waals surface area contributed by atoms with Crippen LogP contribution in [-0.4, -0.2) is 23.5 Å². The van der Waals surface area contributed by atoms with E-state index in [1.54, 1.807) is 0 Å². The lowest BCUT2D eigenvalue weighted by Crippen LogP contribution is -2.42. The average Bonchev–Trinajstić information content (AvgIpc) is 2.89. The van der Waals surface area contributed by atoms with Gasteiger partial charge in [-0.15, -0.1) is 0 Å². The van der Waals surface area contributed by atoms with Crippen molar-refractivity contribution in [3.8, 4) is 0 Å². The first kappa shape index (κ1) is 14.1. The molecule has 4 nitrogen and oxygen atoms in total. The van der Waals surface area contributed by atoms with E-state index in [9.17, 15) is 4.79 Å². The van der Waals surface area contributed by atoms with Crippen LogP contribution in [0.15, 0.2) is 30.5 Å². The molecule has 1 heterocycles. The maximum atomic E-state index is 12.1. The SMILES string of the molecule is CC1(C)CC1CNC(=O)[C@H](N)Cc1c[nH]c2ccccc12. The van der Waals surface area contributed by atoms with Gasteiger partial charge in [0.2, 0.25) is 5.91 Å². The monoisotopic (exact) mass is 285 g/mol. The number of carbonyl (C=O) groups excluding carboxylic acids is 1. The van der Waals surface area contributed by atoms with Crippen LogP contribution < -0.4 is 11.1 Å². The summed E-state index contributed by atoms with van der Waals surface area (Å²) in [5.74, 6) is 0.546. The summed E-state index contributed by atoms with van der Waals surface area (Å²) >= 11 is 0. The molecule has 21 heavy (non-hydrogen) atoms. The number of benzene rings is 1. The Morgan fingerprint density at radius 1 is 1.48 bits per heavy atom. The molecular formula is C17H23N3O. The molecule has 0 aliphatic heterocycles. The van der Waals surface area contributed by atoms with Crippen molar-refractivity contribution < 1.29 is 4.79 Å². The second kappa shape index (κ2) is 5.19. The molecule has 3 rings (SSSR count). The van der Waals surface area contributed by atoms with Crippen LogP contribution in [0.4, 0.5) is 0 Å². The Morgan fingerprint density at radius 2 is 2.19 bits per heavy atom. The number of fused-ring (bicyclic) bond motifs is 1. The Kier molecular flexibility index (Phi) is 3.49. The van der Waals surface area contributed by atoms with Gasteiger partial charge in [0.15, 0.2) is 0 Å². The summed E-state index contributed by atoms with van der Waals surface area (Å²) in [4.78, 5) is 15.3. The summed E-state index contributed by atoms with van der Waals surface area (Å²) in [6.45, 7) is 5.21. The van der Waals surface area contributed by atoms with Crippen molar-refractivity contribution in [2.75, 3.05) is 6.54 Å². The van der Waals surface area contributed by atoms with Gasteiger partial charge in [0.1, 0.15) is 0 Å². The van der Waals surface area contributed by atoms with Crippen LogP contribution in [0, 0.1) is 11.3 Å². The van der Waals surface area contributed by atoms with Crippen LogP contribution in [0.1, 0.15) is 25.8 Å². The minimum Gasteiger partial charge on any atom is -0.361 e. The highest BCUT2D eigenvalue weighted by atomic mass is 16.2. The Labute approximate surface area is 125 Å². The Morgan fingerprint density at radius 3 is 2.90 bits per heavy atom. The molecule has 4 heteroatoms. The molecule has 0 spiro atoms. The van der Waals surface area contributed by atoms with Crippen LogP contribution >= 0.6 is 0 Å². The number of nitrogens with one attached hydrogen (secondary N) is 2. The highest BCUT2D eigenvalue weighted by Gasteiger charge is 2.45. The number of amides is 1. The van der Waals surface area contributed by atoms with Crippen LogP contribution in [0.25, 0.3) is 10.9 Å². The Balaban J connectivity index is 1.58. The largest absolute Gasteiger partial charge is 0.361 e. The van der Waals surface area contributed by atoms with Gasteiger partial charge in [-0.1, -0.05) is 32.0 Å². The highest BCUT2D eigenvalue weighted by molar-refractivity contribution is 5.86. The van der Waals surface area contributed by atoms with E-state index >= 15 is 0 Å². The first-order chi connectivity index (χ1) is 9.97. The maximum absolute atomic E-state index is 12.1. The summed E-state index contributed by atoms with van der Waals surface area (Å²) in [5, 5.41) is 4.13. The fourth-order valence-electron chi connectivity index (χ4n) is 2.91. The molecule has 1 aliphatic rings. The van der Waals surface area contributed by atoms with Crippen molar-refractivity contribution >= 4 is 16.8 Å². The molecule has 1 saturated carbocycles. The summed E-state index contributed by atoms with van der Waals surface area (Å²) in [6.07, 6.45) is 3.69. The summed E-state index contributed by atoms with van der Waals surface area (Å²) in [5.41, 5.74) is 8.61. The van der Waals surface area contributed by atoms with Crippen LogP contribution in [0.3, 0.4) is 0 Å². The molecular weight excluding hydrogens is 262 g/mol. The molecule has 2 atom stereocenters. The van der Waals surface area contributed by atoms with Gasteiger partial charge in [0.25, 0.3) is 0 Å². The third kappa shape index (κ3) is 2.95. The quantitative estimate of drug-likeness (QED) is 0.788. The first-order valence-corrected chi connectivity index (χ1v) is 7.55. The van der Waals surface area contributed by atoms with Crippen LogP contribution in [0.5, 0.6) is 0 Å².